The molecule has 1 heteroatoms. The molecule has 0 aliphatic carbocycles. The van der Waals surface area contributed by atoms with E-state index in [4.69, 9.17) is 5.73 Å². The predicted molar refractivity (Wildman–Crippen MR) is 53.4 cm³/mol. The van der Waals surface area contributed by atoms with Gasteiger partial charge in [-0.15, -0.1) is 0 Å². The standard InChI is InChI=1S/C11H13N/c1-3-11(9(2)12)10-7-5-4-6-8-10/h3-8H,1,12H2,2H3/b11-9-. The molecular weight excluding hydrogens is 146 g/mol. The summed E-state index contributed by atoms with van der Waals surface area (Å²) >= 11 is 0. The maximum absolute atomic E-state index is 5.69. The number of benzene rings is 1. The first-order valence-corrected chi connectivity index (χ1v) is 3.90. The molecule has 0 radical (unpaired) electrons. The van der Waals surface area contributed by atoms with Crippen molar-refractivity contribution in [3.63, 3.8) is 0 Å². The molecule has 1 aromatic carbocycles. The smallest absolute Gasteiger partial charge is 0.0128 e. The van der Waals surface area contributed by atoms with E-state index < -0.39 is 0 Å². The molecule has 1 aromatic rings. The molecule has 0 spiro atoms. The molecule has 0 unspecified atom stereocenters. The second-order valence-corrected chi connectivity index (χ2v) is 2.67. The van der Waals surface area contributed by atoms with Crippen molar-refractivity contribution in [3.05, 3.63) is 54.2 Å². The lowest BCUT2D eigenvalue weighted by atomic mass is 10.0. The molecule has 0 aliphatic heterocycles. The molecule has 0 saturated carbocycles. The van der Waals surface area contributed by atoms with Crippen molar-refractivity contribution in [1.82, 2.24) is 0 Å². The molecule has 0 fully saturated rings. The van der Waals surface area contributed by atoms with E-state index >= 15 is 0 Å². The Kier molecular flexibility index (Phi) is 2.70. The third-order valence-electron chi connectivity index (χ3n) is 1.71. The van der Waals surface area contributed by atoms with Crippen molar-refractivity contribution >= 4 is 5.57 Å². The highest BCUT2D eigenvalue weighted by molar-refractivity contribution is 5.75. The van der Waals surface area contributed by atoms with Gasteiger partial charge >= 0.3 is 0 Å². The first-order chi connectivity index (χ1) is 5.75. The summed E-state index contributed by atoms with van der Waals surface area (Å²) in [5.74, 6) is 0. The molecule has 2 N–H and O–H groups in total. The Morgan fingerprint density at radius 2 is 1.92 bits per heavy atom. The van der Waals surface area contributed by atoms with E-state index in [9.17, 15) is 0 Å². The molecule has 0 saturated heterocycles. The molecule has 1 nitrogen and oxygen atoms in total. The maximum atomic E-state index is 5.69. The van der Waals surface area contributed by atoms with Crippen LogP contribution in [0.5, 0.6) is 0 Å². The lowest BCUT2D eigenvalue weighted by molar-refractivity contribution is 1.32. The SMILES string of the molecule is C=C/C(=C(\C)N)c1ccccc1. The molecule has 0 bridgehead atoms. The zero-order chi connectivity index (χ0) is 8.97. The van der Waals surface area contributed by atoms with Crippen LogP contribution in [0.4, 0.5) is 0 Å². The summed E-state index contributed by atoms with van der Waals surface area (Å²) in [6, 6.07) is 10.0. The fraction of sp³-hybridized carbons (Fsp3) is 0.0909. The summed E-state index contributed by atoms with van der Waals surface area (Å²) < 4.78 is 0. The van der Waals surface area contributed by atoms with E-state index in [1.807, 2.05) is 37.3 Å². The summed E-state index contributed by atoms with van der Waals surface area (Å²) in [4.78, 5) is 0. The number of rotatable bonds is 2. The van der Waals surface area contributed by atoms with Gasteiger partial charge in [0, 0.05) is 5.70 Å². The van der Waals surface area contributed by atoms with Crippen LogP contribution in [-0.2, 0) is 0 Å². The minimum absolute atomic E-state index is 0.802. The number of nitrogens with two attached hydrogens (primary N) is 1. The van der Waals surface area contributed by atoms with E-state index in [-0.39, 0.29) is 0 Å². The number of allylic oxidation sites excluding steroid dienone is 3. The van der Waals surface area contributed by atoms with Crippen molar-refractivity contribution in [1.29, 1.82) is 0 Å². The van der Waals surface area contributed by atoms with Crippen LogP contribution in [-0.4, -0.2) is 0 Å². The molecule has 62 valence electrons. The molecule has 0 aliphatic rings. The topological polar surface area (TPSA) is 26.0 Å². The normalized spacial score (nSPS) is 12.1. The number of hydrogen-bond acceptors (Lipinski definition) is 1. The van der Waals surface area contributed by atoms with Crippen LogP contribution in [0.3, 0.4) is 0 Å². The van der Waals surface area contributed by atoms with Gasteiger partial charge in [-0.25, -0.2) is 0 Å². The molecule has 1 rings (SSSR count). The first kappa shape index (κ1) is 8.60. The second-order valence-electron chi connectivity index (χ2n) is 2.67. The van der Waals surface area contributed by atoms with E-state index in [1.165, 1.54) is 0 Å². The van der Waals surface area contributed by atoms with Crippen molar-refractivity contribution in [2.45, 2.75) is 6.92 Å². The highest BCUT2D eigenvalue weighted by atomic mass is 14.6. The van der Waals surface area contributed by atoms with E-state index in [0.717, 1.165) is 16.8 Å². The van der Waals surface area contributed by atoms with Crippen LogP contribution < -0.4 is 5.73 Å². The van der Waals surface area contributed by atoms with E-state index in [0.29, 0.717) is 0 Å². The fourth-order valence-corrected chi connectivity index (χ4v) is 1.12. The summed E-state index contributed by atoms with van der Waals surface area (Å²) in [6.45, 7) is 5.60. The Hall–Kier alpha value is -1.50. The summed E-state index contributed by atoms with van der Waals surface area (Å²) in [5, 5.41) is 0. The second kappa shape index (κ2) is 3.77. The molecule has 0 heterocycles. The Morgan fingerprint density at radius 3 is 2.33 bits per heavy atom. The van der Waals surface area contributed by atoms with Crippen molar-refractivity contribution in [3.8, 4) is 0 Å². The van der Waals surface area contributed by atoms with Gasteiger partial charge in [-0.3, -0.25) is 0 Å². The fourth-order valence-electron chi connectivity index (χ4n) is 1.12. The highest BCUT2D eigenvalue weighted by Crippen LogP contribution is 2.16. The van der Waals surface area contributed by atoms with Gasteiger partial charge in [0.1, 0.15) is 0 Å². The van der Waals surface area contributed by atoms with Gasteiger partial charge in [0.15, 0.2) is 0 Å². The first-order valence-electron chi connectivity index (χ1n) is 3.90. The van der Waals surface area contributed by atoms with Gasteiger partial charge in [-0.1, -0.05) is 43.0 Å². The van der Waals surface area contributed by atoms with Crippen molar-refractivity contribution < 1.29 is 0 Å². The maximum Gasteiger partial charge on any atom is 0.0128 e. The summed E-state index contributed by atoms with van der Waals surface area (Å²) in [7, 11) is 0. The van der Waals surface area contributed by atoms with Crippen LogP contribution in [0.2, 0.25) is 0 Å². The molecule has 0 atom stereocenters. The number of hydrogen-bond donors (Lipinski definition) is 1. The Labute approximate surface area is 73.2 Å². The Morgan fingerprint density at radius 1 is 1.33 bits per heavy atom. The van der Waals surface area contributed by atoms with Gasteiger partial charge in [0.05, 0.1) is 0 Å². The van der Waals surface area contributed by atoms with Crippen LogP contribution >= 0.6 is 0 Å². The minimum atomic E-state index is 0.802. The summed E-state index contributed by atoms with van der Waals surface area (Å²) in [5.41, 5.74) is 8.62. The quantitative estimate of drug-likeness (QED) is 0.659. The third-order valence-corrected chi connectivity index (χ3v) is 1.71. The lowest BCUT2D eigenvalue weighted by Gasteiger charge is -2.03. The van der Waals surface area contributed by atoms with Gasteiger partial charge in [0.2, 0.25) is 0 Å². The summed E-state index contributed by atoms with van der Waals surface area (Å²) in [6.07, 6.45) is 1.78. The zero-order valence-electron chi connectivity index (χ0n) is 7.25. The monoisotopic (exact) mass is 159 g/mol. The van der Waals surface area contributed by atoms with Gasteiger partial charge < -0.3 is 5.73 Å². The van der Waals surface area contributed by atoms with Gasteiger partial charge in [-0.2, -0.15) is 0 Å². The van der Waals surface area contributed by atoms with Crippen LogP contribution in [0.15, 0.2) is 48.7 Å². The highest BCUT2D eigenvalue weighted by Gasteiger charge is 1.97. The van der Waals surface area contributed by atoms with Crippen LogP contribution in [0, 0.1) is 0 Å². The van der Waals surface area contributed by atoms with Crippen LogP contribution in [0.25, 0.3) is 5.57 Å². The van der Waals surface area contributed by atoms with Gasteiger partial charge in [-0.05, 0) is 18.1 Å². The van der Waals surface area contributed by atoms with Crippen LogP contribution in [0.1, 0.15) is 12.5 Å². The Bertz CT molecular complexity index is 292. The molecule has 0 aromatic heterocycles. The molecule has 0 amide bonds. The lowest BCUT2D eigenvalue weighted by Crippen LogP contribution is -1.95. The largest absolute Gasteiger partial charge is 0.402 e. The van der Waals surface area contributed by atoms with E-state index in [2.05, 4.69) is 6.58 Å². The average molecular weight is 159 g/mol. The minimum Gasteiger partial charge on any atom is -0.402 e. The molecule has 12 heavy (non-hydrogen) atoms. The molecular formula is C11H13N. The zero-order valence-corrected chi connectivity index (χ0v) is 7.25. The van der Waals surface area contributed by atoms with E-state index in [1.54, 1.807) is 6.08 Å². The van der Waals surface area contributed by atoms with Crippen molar-refractivity contribution in [2.75, 3.05) is 0 Å². The van der Waals surface area contributed by atoms with Gasteiger partial charge in [0.25, 0.3) is 0 Å². The Balaban J connectivity index is 3.14. The van der Waals surface area contributed by atoms with Crippen molar-refractivity contribution in [2.24, 2.45) is 5.73 Å². The average Bonchev–Trinajstić information content (AvgIpc) is 2.07. The predicted octanol–water partition coefficient (Wildman–Crippen LogP) is 2.56. The third kappa shape index (κ3) is 1.76.